The minimum Gasteiger partial charge on any atom is -0.461 e. The monoisotopic (exact) mass is 367 g/mol. The third-order valence-corrected chi connectivity index (χ3v) is 3.84. The van der Waals surface area contributed by atoms with Crippen LogP contribution in [0.4, 0.5) is 0 Å². The predicted octanol–water partition coefficient (Wildman–Crippen LogP) is 6.49. The Labute approximate surface area is 164 Å². The van der Waals surface area contributed by atoms with Crippen molar-refractivity contribution in [3.63, 3.8) is 0 Å². The molecule has 1 heterocycles. The molecular weight excluding hydrogens is 334 g/mol. The Kier molecular flexibility index (Phi) is 14.3. The highest BCUT2D eigenvalue weighted by atomic mass is 16.5. The largest absolute Gasteiger partial charge is 0.461 e. The highest BCUT2D eigenvalue weighted by Gasteiger charge is 2.02. The van der Waals surface area contributed by atoms with Crippen molar-refractivity contribution in [2.24, 2.45) is 0 Å². The van der Waals surface area contributed by atoms with Gasteiger partial charge in [0.2, 0.25) is 0 Å². The SMILES string of the molecule is CC/C=C\C/C=C\C/C=C\C/C=C\CCCCC(=O)OCc1cccnc1. The molecule has 1 rings (SSSR count). The molecule has 0 atom stereocenters. The molecule has 0 radical (unpaired) electrons. The molecule has 27 heavy (non-hydrogen) atoms. The number of nitrogens with zero attached hydrogens (tertiary/aromatic N) is 1. The van der Waals surface area contributed by atoms with Crippen molar-refractivity contribution >= 4 is 5.97 Å². The van der Waals surface area contributed by atoms with E-state index in [0.29, 0.717) is 13.0 Å². The zero-order valence-electron chi connectivity index (χ0n) is 16.6. The molecule has 0 bridgehead atoms. The second kappa shape index (κ2) is 17.0. The zero-order chi connectivity index (χ0) is 19.4. The van der Waals surface area contributed by atoms with E-state index in [1.807, 2.05) is 12.1 Å². The molecule has 146 valence electrons. The van der Waals surface area contributed by atoms with E-state index in [-0.39, 0.29) is 5.97 Å². The maximum atomic E-state index is 11.7. The van der Waals surface area contributed by atoms with Crippen molar-refractivity contribution in [2.45, 2.75) is 64.9 Å². The number of hydrogen-bond donors (Lipinski definition) is 0. The molecule has 0 aliphatic carbocycles. The molecule has 0 aliphatic heterocycles. The first kappa shape index (κ1) is 22.6. The Morgan fingerprint density at radius 1 is 0.963 bits per heavy atom. The van der Waals surface area contributed by atoms with Crippen LogP contribution in [0.1, 0.15) is 63.9 Å². The smallest absolute Gasteiger partial charge is 0.306 e. The van der Waals surface area contributed by atoms with E-state index in [4.69, 9.17) is 4.74 Å². The Balaban J connectivity index is 1.94. The number of hydrogen-bond acceptors (Lipinski definition) is 3. The second-order valence-electron chi connectivity index (χ2n) is 6.27. The third kappa shape index (κ3) is 14.4. The van der Waals surface area contributed by atoms with Crippen LogP contribution in [0.25, 0.3) is 0 Å². The van der Waals surface area contributed by atoms with Gasteiger partial charge < -0.3 is 4.74 Å². The molecule has 3 nitrogen and oxygen atoms in total. The summed E-state index contributed by atoms with van der Waals surface area (Å²) in [5.74, 6) is -0.135. The average molecular weight is 368 g/mol. The fraction of sp³-hybridized carbons (Fsp3) is 0.417. The van der Waals surface area contributed by atoms with Gasteiger partial charge in [-0.1, -0.05) is 61.6 Å². The first-order valence-electron chi connectivity index (χ1n) is 9.97. The number of ether oxygens (including phenoxy) is 1. The topological polar surface area (TPSA) is 39.2 Å². The Morgan fingerprint density at radius 2 is 1.63 bits per heavy atom. The maximum absolute atomic E-state index is 11.7. The number of unbranched alkanes of at least 4 members (excludes halogenated alkanes) is 2. The number of aromatic nitrogens is 1. The minimum absolute atomic E-state index is 0.135. The number of pyridine rings is 1. The summed E-state index contributed by atoms with van der Waals surface area (Å²) in [5.41, 5.74) is 0.922. The molecule has 0 aromatic carbocycles. The molecule has 0 fully saturated rings. The van der Waals surface area contributed by atoms with E-state index in [1.165, 1.54) is 0 Å². The highest BCUT2D eigenvalue weighted by Crippen LogP contribution is 2.05. The van der Waals surface area contributed by atoms with Crippen molar-refractivity contribution in [3.8, 4) is 0 Å². The van der Waals surface area contributed by atoms with Gasteiger partial charge in [-0.25, -0.2) is 0 Å². The van der Waals surface area contributed by atoms with Gasteiger partial charge in [-0.2, -0.15) is 0 Å². The molecule has 0 unspecified atom stereocenters. The van der Waals surface area contributed by atoms with Crippen LogP contribution in [-0.2, 0) is 16.1 Å². The number of carbonyl (C=O) groups excluding carboxylic acids is 1. The predicted molar refractivity (Wildman–Crippen MR) is 113 cm³/mol. The van der Waals surface area contributed by atoms with Crippen molar-refractivity contribution in [1.82, 2.24) is 4.98 Å². The lowest BCUT2D eigenvalue weighted by Gasteiger charge is -2.04. The van der Waals surface area contributed by atoms with Gasteiger partial charge >= 0.3 is 5.97 Å². The fourth-order valence-electron chi connectivity index (χ4n) is 2.35. The number of rotatable bonds is 14. The van der Waals surface area contributed by atoms with Gasteiger partial charge in [0, 0.05) is 24.4 Å². The Hall–Kier alpha value is -2.42. The Morgan fingerprint density at radius 3 is 2.26 bits per heavy atom. The van der Waals surface area contributed by atoms with Gasteiger partial charge in [0.1, 0.15) is 6.61 Å². The van der Waals surface area contributed by atoms with E-state index in [9.17, 15) is 4.79 Å². The van der Waals surface area contributed by atoms with E-state index < -0.39 is 0 Å². The normalized spacial score (nSPS) is 12.0. The molecule has 0 aliphatic rings. The first-order valence-corrected chi connectivity index (χ1v) is 9.97. The molecule has 0 saturated carbocycles. The van der Waals surface area contributed by atoms with Crippen LogP contribution < -0.4 is 0 Å². The van der Waals surface area contributed by atoms with E-state index in [0.717, 1.165) is 50.5 Å². The van der Waals surface area contributed by atoms with Crippen LogP contribution in [0.15, 0.2) is 73.1 Å². The van der Waals surface area contributed by atoms with Gasteiger partial charge in [0.05, 0.1) is 0 Å². The second-order valence-corrected chi connectivity index (χ2v) is 6.27. The van der Waals surface area contributed by atoms with Gasteiger partial charge in [0.15, 0.2) is 0 Å². The number of allylic oxidation sites excluding steroid dienone is 8. The third-order valence-electron chi connectivity index (χ3n) is 3.84. The summed E-state index contributed by atoms with van der Waals surface area (Å²) in [7, 11) is 0. The molecule has 3 heteroatoms. The molecule has 1 aromatic rings. The summed E-state index contributed by atoms with van der Waals surface area (Å²) in [6, 6.07) is 3.74. The van der Waals surface area contributed by atoms with E-state index >= 15 is 0 Å². The van der Waals surface area contributed by atoms with E-state index in [2.05, 4.69) is 60.5 Å². The van der Waals surface area contributed by atoms with Gasteiger partial charge in [0.25, 0.3) is 0 Å². The van der Waals surface area contributed by atoms with E-state index in [1.54, 1.807) is 12.4 Å². The summed E-state index contributed by atoms with van der Waals surface area (Å²) < 4.78 is 5.23. The van der Waals surface area contributed by atoms with Crippen LogP contribution in [0, 0.1) is 0 Å². The van der Waals surface area contributed by atoms with Gasteiger partial charge in [-0.15, -0.1) is 0 Å². The lowest BCUT2D eigenvalue weighted by atomic mass is 10.2. The van der Waals surface area contributed by atoms with Crippen molar-refractivity contribution in [3.05, 3.63) is 78.7 Å². The van der Waals surface area contributed by atoms with Crippen LogP contribution >= 0.6 is 0 Å². The molecular formula is C24H33NO2. The highest BCUT2D eigenvalue weighted by molar-refractivity contribution is 5.69. The van der Waals surface area contributed by atoms with Crippen LogP contribution in [0.5, 0.6) is 0 Å². The van der Waals surface area contributed by atoms with Gasteiger partial charge in [-0.3, -0.25) is 9.78 Å². The van der Waals surface area contributed by atoms with Crippen molar-refractivity contribution in [1.29, 1.82) is 0 Å². The number of esters is 1. The quantitative estimate of drug-likeness (QED) is 0.214. The van der Waals surface area contributed by atoms with Crippen LogP contribution in [0.2, 0.25) is 0 Å². The molecule has 1 aromatic heterocycles. The number of carbonyl (C=O) groups is 1. The summed E-state index contributed by atoms with van der Waals surface area (Å²) in [5, 5.41) is 0. The van der Waals surface area contributed by atoms with Crippen LogP contribution in [0.3, 0.4) is 0 Å². The first-order chi connectivity index (χ1) is 13.3. The van der Waals surface area contributed by atoms with Crippen molar-refractivity contribution < 1.29 is 9.53 Å². The lowest BCUT2D eigenvalue weighted by Crippen LogP contribution is -2.04. The standard InChI is InChI=1S/C24H33NO2/c1-2-3-4-5-6-7-8-9-10-11-12-13-14-15-16-19-24(26)27-22-23-18-17-20-25-21-23/h3-4,6-7,9-10,12-13,17-18,20-21H,2,5,8,11,14-16,19,22H2,1H3/b4-3-,7-6-,10-9-,13-12-. The zero-order valence-corrected chi connectivity index (χ0v) is 16.6. The Bertz CT molecular complexity index is 600. The molecule has 0 saturated heterocycles. The minimum atomic E-state index is -0.135. The maximum Gasteiger partial charge on any atom is 0.306 e. The summed E-state index contributed by atoms with van der Waals surface area (Å²) in [6.07, 6.45) is 28.4. The average Bonchev–Trinajstić information content (AvgIpc) is 2.70. The summed E-state index contributed by atoms with van der Waals surface area (Å²) in [6.45, 7) is 2.46. The summed E-state index contributed by atoms with van der Waals surface area (Å²) >= 11 is 0. The summed E-state index contributed by atoms with van der Waals surface area (Å²) in [4.78, 5) is 15.7. The van der Waals surface area contributed by atoms with Crippen LogP contribution in [-0.4, -0.2) is 11.0 Å². The molecule has 0 N–H and O–H groups in total. The fourth-order valence-corrected chi connectivity index (χ4v) is 2.35. The molecule has 0 amide bonds. The van der Waals surface area contributed by atoms with Gasteiger partial charge in [-0.05, 0) is 51.0 Å². The molecule has 0 spiro atoms. The lowest BCUT2D eigenvalue weighted by molar-refractivity contribution is -0.145. The van der Waals surface area contributed by atoms with Crippen molar-refractivity contribution in [2.75, 3.05) is 0 Å².